The van der Waals surface area contributed by atoms with E-state index in [-0.39, 0.29) is 33.7 Å². The summed E-state index contributed by atoms with van der Waals surface area (Å²) in [6.07, 6.45) is 1.28. The molecule has 0 bridgehead atoms. The van der Waals surface area contributed by atoms with Crippen molar-refractivity contribution < 1.29 is 23.9 Å². The van der Waals surface area contributed by atoms with Gasteiger partial charge < -0.3 is 10.1 Å². The number of rotatable bonds is 6. The van der Waals surface area contributed by atoms with Crippen LogP contribution in [0.4, 0.5) is 16.2 Å². The molecule has 0 atom stereocenters. The highest BCUT2D eigenvalue weighted by molar-refractivity contribution is 9.11. The van der Waals surface area contributed by atoms with Crippen molar-refractivity contribution >= 4 is 96.3 Å². The van der Waals surface area contributed by atoms with Gasteiger partial charge in [-0.3, -0.25) is 19.7 Å². The largest absolute Gasteiger partial charge is 0.482 e. The lowest BCUT2D eigenvalue weighted by molar-refractivity contribution is -0.122. The zero-order chi connectivity index (χ0) is 27.6. The summed E-state index contributed by atoms with van der Waals surface area (Å²) in [6, 6.07) is 13.8. The van der Waals surface area contributed by atoms with E-state index in [9.17, 15) is 19.2 Å². The fraction of sp³-hybridized carbons (Fsp3) is 0.0769. The summed E-state index contributed by atoms with van der Waals surface area (Å²) in [4.78, 5) is 51.8. The van der Waals surface area contributed by atoms with Crippen molar-refractivity contribution in [1.82, 2.24) is 5.32 Å². The van der Waals surface area contributed by atoms with Crippen LogP contribution in [0.1, 0.15) is 11.1 Å². The van der Waals surface area contributed by atoms with Gasteiger partial charge in [-0.25, -0.2) is 9.69 Å². The number of carbonyl (C=O) groups is 4. The van der Waals surface area contributed by atoms with Gasteiger partial charge in [0.15, 0.2) is 6.61 Å². The number of benzene rings is 3. The minimum Gasteiger partial charge on any atom is -0.482 e. The summed E-state index contributed by atoms with van der Waals surface area (Å²) in [5.41, 5.74) is 1.63. The van der Waals surface area contributed by atoms with Gasteiger partial charge >= 0.3 is 6.03 Å². The topological polar surface area (TPSA) is 105 Å². The minimum atomic E-state index is -0.935. The maximum absolute atomic E-state index is 13.3. The van der Waals surface area contributed by atoms with E-state index in [4.69, 9.17) is 27.9 Å². The van der Waals surface area contributed by atoms with E-state index in [0.717, 1.165) is 10.5 Å². The predicted molar refractivity (Wildman–Crippen MR) is 153 cm³/mol. The molecule has 3 aromatic carbocycles. The number of nitrogens with zero attached hydrogens (tertiary/aromatic N) is 1. The molecule has 4 rings (SSSR count). The van der Waals surface area contributed by atoms with Gasteiger partial charge in [-0.2, -0.15) is 0 Å². The first-order valence-electron chi connectivity index (χ1n) is 10.9. The van der Waals surface area contributed by atoms with Crippen molar-refractivity contribution in [1.29, 1.82) is 0 Å². The van der Waals surface area contributed by atoms with Crippen molar-refractivity contribution in [2.24, 2.45) is 0 Å². The average molecular weight is 682 g/mol. The molecule has 0 spiro atoms. The highest BCUT2D eigenvalue weighted by Gasteiger charge is 2.37. The Hall–Kier alpha value is -3.18. The maximum Gasteiger partial charge on any atom is 0.335 e. The van der Waals surface area contributed by atoms with E-state index >= 15 is 0 Å². The van der Waals surface area contributed by atoms with E-state index in [0.29, 0.717) is 20.2 Å². The van der Waals surface area contributed by atoms with Crippen LogP contribution < -0.4 is 20.3 Å². The van der Waals surface area contributed by atoms with Gasteiger partial charge in [0.1, 0.15) is 11.3 Å². The normalized spacial score (nSPS) is 14.5. The van der Waals surface area contributed by atoms with E-state index in [1.807, 2.05) is 19.1 Å². The number of halogens is 4. The molecule has 1 aliphatic rings. The van der Waals surface area contributed by atoms with Gasteiger partial charge in [0.2, 0.25) is 0 Å². The van der Waals surface area contributed by atoms with Gasteiger partial charge in [0, 0.05) is 15.7 Å². The number of para-hydroxylation sites is 1. The lowest BCUT2D eigenvalue weighted by Gasteiger charge is -2.26. The van der Waals surface area contributed by atoms with Crippen LogP contribution in [0, 0.1) is 6.92 Å². The Labute approximate surface area is 244 Å². The number of amides is 5. The van der Waals surface area contributed by atoms with Crippen LogP contribution in [-0.2, 0) is 14.4 Å². The number of carbonyl (C=O) groups excluding carboxylic acids is 4. The SMILES string of the molecule is Cc1ccccc1NC(=O)COc1c(Br)cc(Br)cc1/C=C1/C(=O)NC(=O)N(c2ccc(Cl)c(Cl)c2)C1=O. The van der Waals surface area contributed by atoms with Crippen LogP contribution >= 0.6 is 55.1 Å². The second kappa shape index (κ2) is 11.7. The van der Waals surface area contributed by atoms with E-state index < -0.39 is 23.8 Å². The molecule has 12 heteroatoms. The molecular weight excluding hydrogens is 665 g/mol. The Morgan fingerprint density at radius 2 is 1.79 bits per heavy atom. The van der Waals surface area contributed by atoms with E-state index in [1.54, 1.807) is 24.3 Å². The van der Waals surface area contributed by atoms with Crippen molar-refractivity contribution in [2.45, 2.75) is 6.92 Å². The van der Waals surface area contributed by atoms with Crippen molar-refractivity contribution in [2.75, 3.05) is 16.8 Å². The summed E-state index contributed by atoms with van der Waals surface area (Å²) in [5.74, 6) is -1.97. The molecule has 8 nitrogen and oxygen atoms in total. The Bertz CT molecular complexity index is 1530. The lowest BCUT2D eigenvalue weighted by atomic mass is 10.1. The molecule has 0 saturated carbocycles. The molecule has 1 saturated heterocycles. The van der Waals surface area contributed by atoms with Gasteiger partial charge in [0.25, 0.3) is 17.7 Å². The third kappa shape index (κ3) is 6.10. The second-order valence-electron chi connectivity index (χ2n) is 8.01. The Morgan fingerprint density at radius 1 is 1.05 bits per heavy atom. The smallest absolute Gasteiger partial charge is 0.335 e. The molecule has 2 N–H and O–H groups in total. The number of urea groups is 1. The molecule has 1 aliphatic heterocycles. The lowest BCUT2D eigenvalue weighted by Crippen LogP contribution is -2.54. The number of imide groups is 2. The Morgan fingerprint density at radius 3 is 2.50 bits per heavy atom. The van der Waals surface area contributed by atoms with Crippen molar-refractivity contribution in [3.8, 4) is 5.75 Å². The summed E-state index contributed by atoms with van der Waals surface area (Å²) in [7, 11) is 0. The van der Waals surface area contributed by atoms with Crippen molar-refractivity contribution in [3.05, 3.63) is 90.3 Å². The first-order valence-corrected chi connectivity index (χ1v) is 13.2. The third-order valence-electron chi connectivity index (χ3n) is 5.37. The summed E-state index contributed by atoms with van der Waals surface area (Å²) in [6.45, 7) is 1.52. The molecule has 3 aromatic rings. The average Bonchev–Trinajstić information content (AvgIpc) is 2.84. The summed E-state index contributed by atoms with van der Waals surface area (Å²) >= 11 is 18.8. The summed E-state index contributed by atoms with van der Waals surface area (Å²) in [5, 5.41) is 5.29. The molecule has 1 heterocycles. The monoisotopic (exact) mass is 679 g/mol. The quantitative estimate of drug-likeness (QED) is 0.228. The number of ether oxygens (including phenoxy) is 1. The summed E-state index contributed by atoms with van der Waals surface area (Å²) < 4.78 is 6.86. The van der Waals surface area contributed by atoms with E-state index in [2.05, 4.69) is 42.5 Å². The fourth-order valence-corrected chi connectivity index (χ4v) is 5.21. The molecule has 194 valence electrons. The molecule has 0 aromatic heterocycles. The van der Waals surface area contributed by atoms with Crippen LogP contribution in [0.25, 0.3) is 6.08 Å². The van der Waals surface area contributed by atoms with Gasteiger partial charge in [0.05, 0.1) is 20.2 Å². The van der Waals surface area contributed by atoms with Crippen LogP contribution in [0.15, 0.2) is 69.1 Å². The zero-order valence-corrected chi connectivity index (χ0v) is 24.2. The molecular formula is C26H17Br2Cl2N3O5. The molecule has 0 unspecified atom stereocenters. The number of anilines is 2. The van der Waals surface area contributed by atoms with E-state index in [1.165, 1.54) is 24.3 Å². The maximum atomic E-state index is 13.3. The third-order valence-corrected chi connectivity index (χ3v) is 7.15. The molecule has 0 aliphatic carbocycles. The van der Waals surface area contributed by atoms with Crippen molar-refractivity contribution in [3.63, 3.8) is 0 Å². The number of hydrogen-bond acceptors (Lipinski definition) is 5. The highest BCUT2D eigenvalue weighted by Crippen LogP contribution is 2.35. The van der Waals surface area contributed by atoms with Crippen LogP contribution in [0.2, 0.25) is 10.0 Å². The molecule has 1 fully saturated rings. The first kappa shape index (κ1) is 27.8. The fourth-order valence-electron chi connectivity index (χ4n) is 3.55. The highest BCUT2D eigenvalue weighted by atomic mass is 79.9. The first-order chi connectivity index (χ1) is 18.0. The predicted octanol–water partition coefficient (Wildman–Crippen LogP) is 6.51. The standard InChI is InChI=1S/C26H17Br2Cl2N3O5/c1-13-4-2-3-5-21(13)31-22(34)12-38-23-14(8-15(27)10-18(23)28)9-17-24(35)32-26(37)33(25(17)36)16-6-7-19(29)20(30)11-16/h2-11H,12H2,1H3,(H,31,34)(H,32,35,37)/b17-9-. The Balaban J connectivity index is 1.64. The Kier molecular flexibility index (Phi) is 8.57. The molecule has 38 heavy (non-hydrogen) atoms. The minimum absolute atomic E-state index is 0.125. The number of hydrogen-bond donors (Lipinski definition) is 2. The zero-order valence-electron chi connectivity index (χ0n) is 19.5. The van der Waals surface area contributed by atoms with Crippen LogP contribution in [0.5, 0.6) is 5.75 Å². The van der Waals surface area contributed by atoms with Gasteiger partial charge in [-0.15, -0.1) is 0 Å². The van der Waals surface area contributed by atoms with Gasteiger partial charge in [-0.05, 0) is 70.9 Å². The second-order valence-corrected chi connectivity index (χ2v) is 10.6. The molecule has 5 amide bonds. The molecule has 0 radical (unpaired) electrons. The number of barbiturate groups is 1. The number of nitrogens with one attached hydrogen (secondary N) is 2. The number of aryl methyl sites for hydroxylation is 1. The van der Waals surface area contributed by atoms with Crippen LogP contribution in [0.3, 0.4) is 0 Å². The van der Waals surface area contributed by atoms with Crippen LogP contribution in [-0.4, -0.2) is 30.4 Å². The van der Waals surface area contributed by atoms with Gasteiger partial charge in [-0.1, -0.05) is 57.3 Å².